The molecule has 11 nitrogen and oxygen atoms in total. The standard InChI is InChI=1S/C36H43N5O6/c1-39(32(43)23-41-29-17-16-27(47-2)19-28(29)37-33(41)25-12-8-7-9-13-25)21-24-18-30-34(44)38-36(35(45)46)20-26(36)14-10-5-3-4-6-11-15-31(42)40(30)22-24/h7-10,12-14,16-17,19,24,26,30H,3-6,11,15,18,20-23H2,1-2H3,(H,38,44)(H,45,46)/b14-10-/t24-,26?,30-,36+/m0/s1. The summed E-state index contributed by atoms with van der Waals surface area (Å²) in [4.78, 5) is 61.2. The van der Waals surface area contributed by atoms with Crippen molar-refractivity contribution >= 4 is 34.7 Å². The minimum absolute atomic E-state index is 0.0544. The van der Waals surface area contributed by atoms with Gasteiger partial charge in [0, 0.05) is 44.1 Å². The highest BCUT2D eigenvalue weighted by Gasteiger charge is 2.61. The number of fused-ring (bicyclic) bond motifs is 3. The Kier molecular flexibility index (Phi) is 9.33. The van der Waals surface area contributed by atoms with Gasteiger partial charge < -0.3 is 29.5 Å². The van der Waals surface area contributed by atoms with Crippen LogP contribution in [0.5, 0.6) is 5.75 Å². The number of nitrogens with zero attached hydrogens (tertiary/aromatic N) is 4. The lowest BCUT2D eigenvalue weighted by molar-refractivity contribution is -0.145. The average Bonchev–Trinajstić information content (AvgIpc) is 3.41. The summed E-state index contributed by atoms with van der Waals surface area (Å²) in [5.41, 5.74) is 1.08. The van der Waals surface area contributed by atoms with Crippen molar-refractivity contribution in [2.75, 3.05) is 27.2 Å². The van der Waals surface area contributed by atoms with Gasteiger partial charge in [0.15, 0.2) is 0 Å². The predicted octanol–water partition coefficient (Wildman–Crippen LogP) is 4.26. The lowest BCUT2D eigenvalue weighted by Crippen LogP contribution is -2.53. The van der Waals surface area contributed by atoms with E-state index in [1.165, 1.54) is 0 Å². The number of amides is 3. The van der Waals surface area contributed by atoms with Crippen LogP contribution in [0.15, 0.2) is 60.7 Å². The number of likely N-dealkylation sites (N-methyl/N-ethyl adjacent to an activating group) is 1. The summed E-state index contributed by atoms with van der Waals surface area (Å²) >= 11 is 0. The summed E-state index contributed by atoms with van der Waals surface area (Å²) in [6.07, 6.45) is 9.47. The van der Waals surface area contributed by atoms with Crippen LogP contribution in [0.2, 0.25) is 0 Å². The van der Waals surface area contributed by atoms with Crippen LogP contribution in [0, 0.1) is 11.8 Å². The number of rotatable bonds is 7. The van der Waals surface area contributed by atoms with E-state index in [0.717, 1.165) is 48.7 Å². The molecule has 0 spiro atoms. The number of aromatic nitrogens is 2. The van der Waals surface area contributed by atoms with Crippen LogP contribution in [0.3, 0.4) is 0 Å². The van der Waals surface area contributed by atoms with Gasteiger partial charge in [0.25, 0.3) is 0 Å². The molecule has 1 unspecified atom stereocenters. The first-order chi connectivity index (χ1) is 22.7. The van der Waals surface area contributed by atoms with Gasteiger partial charge in [-0.25, -0.2) is 9.78 Å². The highest BCUT2D eigenvalue weighted by Crippen LogP contribution is 2.45. The van der Waals surface area contributed by atoms with Gasteiger partial charge in [-0.1, -0.05) is 55.3 Å². The van der Waals surface area contributed by atoms with Crippen molar-refractivity contribution in [1.29, 1.82) is 0 Å². The quantitative estimate of drug-likeness (QED) is 0.369. The molecule has 0 bridgehead atoms. The summed E-state index contributed by atoms with van der Waals surface area (Å²) in [7, 11) is 3.34. The van der Waals surface area contributed by atoms with E-state index in [1.54, 1.807) is 24.0 Å². The maximum Gasteiger partial charge on any atom is 0.330 e. The number of ether oxygens (including phenoxy) is 1. The number of hydrogen-bond donors (Lipinski definition) is 2. The minimum Gasteiger partial charge on any atom is -0.497 e. The van der Waals surface area contributed by atoms with E-state index in [2.05, 4.69) is 5.32 Å². The Morgan fingerprint density at radius 1 is 1.11 bits per heavy atom. The maximum absolute atomic E-state index is 13.7. The molecule has 2 fully saturated rings. The zero-order chi connectivity index (χ0) is 33.1. The van der Waals surface area contributed by atoms with Crippen LogP contribution >= 0.6 is 0 Å². The molecule has 2 N–H and O–H groups in total. The maximum atomic E-state index is 13.7. The Balaban J connectivity index is 1.19. The first kappa shape index (κ1) is 32.3. The number of nitrogens with one attached hydrogen (secondary N) is 1. The normalized spacial score (nSPS) is 25.6. The number of allylic oxidation sites excluding steroid dienone is 1. The molecule has 11 heteroatoms. The molecule has 1 saturated carbocycles. The fourth-order valence-corrected chi connectivity index (χ4v) is 7.09. The number of carboxylic acid groups (broad SMARTS) is 1. The molecule has 6 rings (SSSR count). The molecule has 1 aromatic heterocycles. The number of carbonyl (C=O) groups is 4. The van der Waals surface area contributed by atoms with Crippen molar-refractivity contribution in [3.63, 3.8) is 0 Å². The minimum atomic E-state index is -1.33. The summed E-state index contributed by atoms with van der Waals surface area (Å²) in [5, 5.41) is 12.9. The molecule has 4 atom stereocenters. The van der Waals surface area contributed by atoms with Crippen molar-refractivity contribution < 1.29 is 29.0 Å². The lowest BCUT2D eigenvalue weighted by atomic mass is 10.0. The third-order valence-corrected chi connectivity index (χ3v) is 9.87. The van der Waals surface area contributed by atoms with E-state index < -0.39 is 23.5 Å². The van der Waals surface area contributed by atoms with E-state index >= 15 is 0 Å². The number of imidazole rings is 1. The van der Waals surface area contributed by atoms with Gasteiger partial charge in [-0.15, -0.1) is 0 Å². The average molecular weight is 642 g/mol. The van der Waals surface area contributed by atoms with E-state index in [1.807, 2.05) is 65.3 Å². The highest BCUT2D eigenvalue weighted by molar-refractivity contribution is 5.95. The van der Waals surface area contributed by atoms with Crippen LogP contribution < -0.4 is 10.1 Å². The predicted molar refractivity (Wildman–Crippen MR) is 176 cm³/mol. The summed E-state index contributed by atoms with van der Waals surface area (Å²) < 4.78 is 7.30. The van der Waals surface area contributed by atoms with Crippen LogP contribution in [0.25, 0.3) is 22.4 Å². The molecule has 1 saturated heterocycles. The Hall–Kier alpha value is -4.67. The fourth-order valence-electron chi connectivity index (χ4n) is 7.09. The smallest absolute Gasteiger partial charge is 0.330 e. The van der Waals surface area contributed by atoms with Gasteiger partial charge in [0.2, 0.25) is 17.7 Å². The number of methoxy groups -OCH3 is 1. The fraction of sp³-hybridized carbons (Fsp3) is 0.472. The molecule has 2 aromatic carbocycles. The molecule has 3 aliphatic rings. The Bertz CT molecular complexity index is 1690. The van der Waals surface area contributed by atoms with Crippen LogP contribution in [0.1, 0.15) is 51.4 Å². The Morgan fingerprint density at radius 3 is 2.66 bits per heavy atom. The molecule has 1 aliphatic carbocycles. The largest absolute Gasteiger partial charge is 0.497 e. The highest BCUT2D eigenvalue weighted by atomic mass is 16.5. The molecule has 2 aliphatic heterocycles. The second-order valence-corrected chi connectivity index (χ2v) is 13.1. The van der Waals surface area contributed by atoms with Crippen molar-refractivity contribution in [3.05, 3.63) is 60.7 Å². The van der Waals surface area contributed by atoms with Gasteiger partial charge in [0.05, 0.1) is 18.1 Å². The first-order valence-corrected chi connectivity index (χ1v) is 16.6. The van der Waals surface area contributed by atoms with Crippen LogP contribution in [0.4, 0.5) is 0 Å². The third-order valence-electron chi connectivity index (χ3n) is 9.87. The summed E-state index contributed by atoms with van der Waals surface area (Å²) in [5.74, 6) is -0.774. The molecular weight excluding hydrogens is 598 g/mol. The van der Waals surface area contributed by atoms with Gasteiger partial charge >= 0.3 is 5.97 Å². The topological polar surface area (TPSA) is 134 Å². The number of aliphatic carboxylic acids is 1. The van der Waals surface area contributed by atoms with Crippen LogP contribution in [-0.4, -0.2) is 87.0 Å². The van der Waals surface area contributed by atoms with Crippen molar-refractivity contribution in [2.45, 2.75) is 69.5 Å². The van der Waals surface area contributed by atoms with E-state index in [-0.39, 0.29) is 30.2 Å². The number of carbonyl (C=O) groups excluding carboxylic acids is 3. The van der Waals surface area contributed by atoms with Crippen LogP contribution in [-0.2, 0) is 25.7 Å². The molecule has 3 aromatic rings. The zero-order valence-electron chi connectivity index (χ0n) is 27.1. The summed E-state index contributed by atoms with van der Waals surface area (Å²) in [6.45, 7) is 0.739. The number of benzene rings is 2. The molecule has 3 heterocycles. The van der Waals surface area contributed by atoms with Crippen molar-refractivity contribution in [2.24, 2.45) is 11.8 Å². The van der Waals surface area contributed by atoms with E-state index in [4.69, 9.17) is 9.72 Å². The van der Waals surface area contributed by atoms with Crippen molar-refractivity contribution in [3.8, 4) is 17.1 Å². The van der Waals surface area contributed by atoms with Gasteiger partial charge in [-0.3, -0.25) is 14.4 Å². The third kappa shape index (κ3) is 6.75. The molecule has 3 amide bonds. The Morgan fingerprint density at radius 2 is 1.89 bits per heavy atom. The molecule has 248 valence electrons. The molecule has 47 heavy (non-hydrogen) atoms. The Labute approximate surface area is 274 Å². The SMILES string of the molecule is COc1ccc2c(c1)nc(-c1ccccc1)n2CC(=O)N(C)C[C@@H]1C[C@H]2C(=O)N[C@]3(C(=O)O)CC3/C=C\CCCCCCC(=O)N2C1. The monoisotopic (exact) mass is 641 g/mol. The van der Waals surface area contributed by atoms with Crippen molar-refractivity contribution in [1.82, 2.24) is 24.7 Å². The van der Waals surface area contributed by atoms with E-state index in [0.29, 0.717) is 43.9 Å². The summed E-state index contributed by atoms with van der Waals surface area (Å²) in [6, 6.07) is 14.5. The lowest BCUT2D eigenvalue weighted by Gasteiger charge is -2.26. The zero-order valence-corrected chi connectivity index (χ0v) is 27.1. The van der Waals surface area contributed by atoms with Gasteiger partial charge in [-0.05, 0) is 50.2 Å². The second kappa shape index (κ2) is 13.6. The van der Waals surface area contributed by atoms with E-state index in [9.17, 15) is 24.3 Å². The first-order valence-electron chi connectivity index (χ1n) is 16.6. The molecular formula is C36H43N5O6. The number of hydrogen-bond acceptors (Lipinski definition) is 6. The second-order valence-electron chi connectivity index (χ2n) is 13.1. The molecule has 0 radical (unpaired) electrons. The number of carboxylic acids is 1. The van der Waals surface area contributed by atoms with Gasteiger partial charge in [0.1, 0.15) is 29.7 Å². The van der Waals surface area contributed by atoms with Gasteiger partial charge in [-0.2, -0.15) is 0 Å².